The normalized spacial score (nSPS) is 20.0. The van der Waals surface area contributed by atoms with Gasteiger partial charge in [-0.2, -0.15) is 13.2 Å². The summed E-state index contributed by atoms with van der Waals surface area (Å²) >= 11 is 0. The fourth-order valence-corrected chi connectivity index (χ4v) is 1.77. The first-order chi connectivity index (χ1) is 7.03. The molecule has 0 radical (unpaired) electrons. The van der Waals surface area contributed by atoms with Crippen LogP contribution in [0.4, 0.5) is 13.2 Å². The van der Waals surface area contributed by atoms with E-state index in [4.69, 9.17) is 0 Å². The number of halogens is 3. The second-order valence-corrected chi connectivity index (χ2v) is 3.99. The zero-order chi connectivity index (χ0) is 11.3. The topological polar surface area (TPSA) is 21.3 Å². The smallest absolute Gasteiger partial charge is 0.370 e. The van der Waals surface area contributed by atoms with Crippen molar-refractivity contribution in [3.05, 3.63) is 0 Å². The minimum absolute atomic E-state index is 0.0890. The van der Waals surface area contributed by atoms with Crippen molar-refractivity contribution < 1.29 is 17.9 Å². The molecule has 0 saturated heterocycles. The van der Waals surface area contributed by atoms with Gasteiger partial charge in [0, 0.05) is 6.04 Å². The van der Waals surface area contributed by atoms with Crippen LogP contribution in [0, 0.1) is 5.92 Å². The van der Waals surface area contributed by atoms with Crippen LogP contribution in [0.5, 0.6) is 0 Å². The minimum atomic E-state index is -4.21. The third kappa shape index (κ3) is 4.84. The van der Waals surface area contributed by atoms with Gasteiger partial charge in [0.05, 0.1) is 6.61 Å². The Bertz CT molecular complexity index is 180. The van der Waals surface area contributed by atoms with Crippen LogP contribution in [0.3, 0.4) is 0 Å². The average molecular weight is 225 g/mol. The number of hydrogen-bond donors (Lipinski definition) is 1. The van der Waals surface area contributed by atoms with Gasteiger partial charge >= 0.3 is 6.18 Å². The molecule has 0 aromatic heterocycles. The van der Waals surface area contributed by atoms with Crippen molar-refractivity contribution in [3.63, 3.8) is 0 Å². The van der Waals surface area contributed by atoms with E-state index in [1.807, 2.05) is 6.92 Å². The molecule has 0 aliphatic heterocycles. The number of hydrogen-bond acceptors (Lipinski definition) is 2. The number of rotatable bonds is 6. The fraction of sp³-hybridized carbons (Fsp3) is 1.00. The maximum absolute atomic E-state index is 11.8. The van der Waals surface area contributed by atoms with E-state index in [2.05, 4.69) is 10.1 Å². The van der Waals surface area contributed by atoms with Gasteiger partial charge in [-0.05, 0) is 25.3 Å². The second kappa shape index (κ2) is 5.70. The molecule has 1 aliphatic rings. The highest BCUT2D eigenvalue weighted by atomic mass is 19.4. The molecule has 0 aromatic rings. The molecule has 1 N–H and O–H groups in total. The molecule has 15 heavy (non-hydrogen) atoms. The highest BCUT2D eigenvalue weighted by molar-refractivity contribution is 4.82. The SMILES string of the molecule is CCNC(COCC(F)(F)F)C1CCC1. The maximum atomic E-state index is 11.8. The van der Waals surface area contributed by atoms with Crippen LogP contribution in [0.1, 0.15) is 26.2 Å². The van der Waals surface area contributed by atoms with E-state index in [9.17, 15) is 13.2 Å². The molecule has 1 rings (SSSR count). The Balaban J connectivity index is 2.19. The van der Waals surface area contributed by atoms with Gasteiger partial charge in [0.1, 0.15) is 6.61 Å². The van der Waals surface area contributed by atoms with E-state index < -0.39 is 12.8 Å². The Labute approximate surface area is 88.2 Å². The molecular weight excluding hydrogens is 207 g/mol. The largest absolute Gasteiger partial charge is 0.411 e. The predicted octanol–water partition coefficient (Wildman–Crippen LogP) is 2.34. The molecule has 0 amide bonds. The van der Waals surface area contributed by atoms with E-state index in [0.29, 0.717) is 5.92 Å². The highest BCUT2D eigenvalue weighted by Gasteiger charge is 2.30. The van der Waals surface area contributed by atoms with Crippen LogP contribution < -0.4 is 5.32 Å². The Kier molecular flexibility index (Phi) is 4.86. The van der Waals surface area contributed by atoms with Gasteiger partial charge < -0.3 is 10.1 Å². The fourth-order valence-electron chi connectivity index (χ4n) is 1.77. The quantitative estimate of drug-likeness (QED) is 0.749. The molecule has 5 heteroatoms. The summed E-state index contributed by atoms with van der Waals surface area (Å²) in [5, 5.41) is 3.18. The molecule has 0 heterocycles. The first kappa shape index (κ1) is 12.8. The highest BCUT2D eigenvalue weighted by Crippen LogP contribution is 2.29. The van der Waals surface area contributed by atoms with Gasteiger partial charge in [-0.1, -0.05) is 13.3 Å². The summed E-state index contributed by atoms with van der Waals surface area (Å²) in [6.45, 7) is 1.76. The lowest BCUT2D eigenvalue weighted by molar-refractivity contribution is -0.176. The first-order valence-corrected chi connectivity index (χ1v) is 5.41. The van der Waals surface area contributed by atoms with Gasteiger partial charge in [0.25, 0.3) is 0 Å². The minimum Gasteiger partial charge on any atom is -0.370 e. The zero-order valence-corrected chi connectivity index (χ0v) is 8.94. The monoisotopic (exact) mass is 225 g/mol. The third-order valence-corrected chi connectivity index (χ3v) is 2.75. The van der Waals surface area contributed by atoms with E-state index in [1.54, 1.807) is 0 Å². The van der Waals surface area contributed by atoms with E-state index in [0.717, 1.165) is 19.4 Å². The van der Waals surface area contributed by atoms with Crippen molar-refractivity contribution in [2.75, 3.05) is 19.8 Å². The molecule has 1 atom stereocenters. The molecule has 0 aromatic carbocycles. The van der Waals surface area contributed by atoms with Crippen LogP contribution in [0.25, 0.3) is 0 Å². The van der Waals surface area contributed by atoms with Crippen molar-refractivity contribution >= 4 is 0 Å². The molecule has 1 fully saturated rings. The zero-order valence-electron chi connectivity index (χ0n) is 8.94. The summed E-state index contributed by atoms with van der Waals surface area (Å²) in [5.74, 6) is 0.498. The number of nitrogens with one attached hydrogen (secondary N) is 1. The Hall–Kier alpha value is -0.290. The molecule has 1 aliphatic carbocycles. The van der Waals surface area contributed by atoms with Crippen LogP contribution in [-0.4, -0.2) is 32.0 Å². The van der Waals surface area contributed by atoms with Crippen molar-refractivity contribution in [2.24, 2.45) is 5.92 Å². The van der Waals surface area contributed by atoms with E-state index in [-0.39, 0.29) is 12.6 Å². The lowest BCUT2D eigenvalue weighted by Gasteiger charge is -2.34. The number of likely N-dealkylation sites (N-methyl/N-ethyl adjacent to an activating group) is 1. The average Bonchev–Trinajstić information content (AvgIpc) is 1.98. The summed E-state index contributed by atoms with van der Waals surface area (Å²) in [6.07, 6.45) is -0.817. The Morgan fingerprint density at radius 1 is 1.40 bits per heavy atom. The summed E-state index contributed by atoms with van der Waals surface area (Å²) in [7, 11) is 0. The molecule has 1 saturated carbocycles. The molecule has 1 unspecified atom stereocenters. The Morgan fingerprint density at radius 3 is 2.47 bits per heavy atom. The van der Waals surface area contributed by atoms with Crippen molar-refractivity contribution in [3.8, 4) is 0 Å². The van der Waals surface area contributed by atoms with Crippen LogP contribution in [0.15, 0.2) is 0 Å². The molecular formula is C10H18F3NO. The van der Waals surface area contributed by atoms with Gasteiger partial charge in [-0.15, -0.1) is 0 Å². The van der Waals surface area contributed by atoms with Gasteiger partial charge in [0.2, 0.25) is 0 Å². The summed E-state index contributed by atoms with van der Waals surface area (Å²) < 4.78 is 40.2. The molecule has 2 nitrogen and oxygen atoms in total. The molecule has 0 bridgehead atoms. The van der Waals surface area contributed by atoms with Gasteiger partial charge in [0.15, 0.2) is 0 Å². The summed E-state index contributed by atoms with van der Waals surface area (Å²) in [6, 6.07) is 0.0890. The molecule has 90 valence electrons. The van der Waals surface area contributed by atoms with Gasteiger partial charge in [-0.3, -0.25) is 0 Å². The first-order valence-electron chi connectivity index (χ1n) is 5.41. The van der Waals surface area contributed by atoms with Crippen LogP contribution in [-0.2, 0) is 4.74 Å². The van der Waals surface area contributed by atoms with Crippen molar-refractivity contribution in [2.45, 2.75) is 38.4 Å². The maximum Gasteiger partial charge on any atom is 0.411 e. The van der Waals surface area contributed by atoms with Crippen LogP contribution >= 0.6 is 0 Å². The lowest BCUT2D eigenvalue weighted by atomic mass is 9.80. The van der Waals surface area contributed by atoms with Crippen LogP contribution in [0.2, 0.25) is 0 Å². The Morgan fingerprint density at radius 2 is 2.07 bits per heavy atom. The van der Waals surface area contributed by atoms with E-state index in [1.165, 1.54) is 6.42 Å². The second-order valence-electron chi connectivity index (χ2n) is 3.99. The van der Waals surface area contributed by atoms with Gasteiger partial charge in [-0.25, -0.2) is 0 Å². The predicted molar refractivity (Wildman–Crippen MR) is 51.7 cm³/mol. The van der Waals surface area contributed by atoms with Crippen molar-refractivity contribution in [1.82, 2.24) is 5.32 Å². The third-order valence-electron chi connectivity index (χ3n) is 2.75. The van der Waals surface area contributed by atoms with E-state index >= 15 is 0 Å². The lowest BCUT2D eigenvalue weighted by Crippen LogP contribution is -2.43. The standard InChI is InChI=1S/C10H18F3NO/c1-2-14-9(8-4-3-5-8)6-15-7-10(11,12)13/h8-9,14H,2-7H2,1H3. The number of ether oxygens (including phenoxy) is 1. The van der Waals surface area contributed by atoms with Crippen molar-refractivity contribution in [1.29, 1.82) is 0 Å². The number of alkyl halides is 3. The summed E-state index contributed by atoms with van der Waals surface area (Å²) in [4.78, 5) is 0. The molecule has 0 spiro atoms. The summed E-state index contributed by atoms with van der Waals surface area (Å²) in [5.41, 5.74) is 0.